The molecule has 0 spiro atoms. The molecule has 2 rings (SSSR count). The third-order valence-corrected chi connectivity index (χ3v) is 5.69. The van der Waals surface area contributed by atoms with Crippen molar-refractivity contribution >= 4 is 27.3 Å². The highest BCUT2D eigenvalue weighted by atomic mass is 32.2. The lowest BCUT2D eigenvalue weighted by Crippen LogP contribution is -2.40. The zero-order valence-corrected chi connectivity index (χ0v) is 13.0. The molecule has 1 aliphatic carbocycles. The summed E-state index contributed by atoms with van der Waals surface area (Å²) < 4.78 is 28.0. The lowest BCUT2D eigenvalue weighted by Gasteiger charge is -2.19. The molecule has 0 aliphatic heterocycles. The van der Waals surface area contributed by atoms with Crippen molar-refractivity contribution < 1.29 is 17.9 Å². The molecule has 2 atom stereocenters. The van der Waals surface area contributed by atoms with Crippen LogP contribution in [0.2, 0.25) is 0 Å². The number of methoxy groups -OCH3 is 1. The van der Waals surface area contributed by atoms with Gasteiger partial charge in [0.2, 0.25) is 10.0 Å². The Kier molecular flexibility index (Phi) is 4.48. The van der Waals surface area contributed by atoms with Crippen LogP contribution in [0.15, 0.2) is 11.0 Å². The number of aryl methyl sites for hydroxylation is 1. The summed E-state index contributed by atoms with van der Waals surface area (Å²) in [6, 6.07) is 1.31. The van der Waals surface area contributed by atoms with Gasteiger partial charge in [-0.1, -0.05) is 0 Å². The average molecular weight is 318 g/mol. The van der Waals surface area contributed by atoms with Crippen molar-refractivity contribution in [2.24, 2.45) is 5.14 Å². The van der Waals surface area contributed by atoms with Crippen molar-refractivity contribution in [2.45, 2.75) is 43.2 Å². The summed E-state index contributed by atoms with van der Waals surface area (Å²) >= 11 is 1.13. The van der Waals surface area contributed by atoms with Crippen molar-refractivity contribution in [1.29, 1.82) is 0 Å². The summed E-state index contributed by atoms with van der Waals surface area (Å²) in [6.07, 6.45) is 2.83. The van der Waals surface area contributed by atoms with Crippen LogP contribution >= 0.6 is 11.3 Å². The fourth-order valence-electron chi connectivity index (χ4n) is 2.47. The average Bonchev–Trinajstić information content (AvgIpc) is 2.94. The largest absolute Gasteiger partial charge is 0.379 e. The number of nitrogens with one attached hydrogen (secondary N) is 1. The second-order valence-electron chi connectivity index (χ2n) is 4.86. The molecule has 1 amide bonds. The minimum Gasteiger partial charge on any atom is -0.379 e. The van der Waals surface area contributed by atoms with E-state index in [0.717, 1.165) is 30.6 Å². The maximum Gasteiger partial charge on any atom is 0.261 e. The first kappa shape index (κ1) is 15.4. The molecular weight excluding hydrogens is 300 g/mol. The minimum absolute atomic E-state index is 0.0161. The van der Waals surface area contributed by atoms with Gasteiger partial charge in [0, 0.05) is 12.0 Å². The van der Waals surface area contributed by atoms with Crippen LogP contribution in [-0.4, -0.2) is 33.6 Å². The van der Waals surface area contributed by atoms with E-state index in [2.05, 4.69) is 5.32 Å². The van der Waals surface area contributed by atoms with Crippen LogP contribution in [0.4, 0.5) is 0 Å². The molecule has 1 fully saturated rings. The Hall–Kier alpha value is -0.960. The first-order chi connectivity index (χ1) is 9.32. The Bertz CT molecular complexity index is 609. The van der Waals surface area contributed by atoms with Gasteiger partial charge in [0.1, 0.15) is 0 Å². The molecular formula is C12H18N2O4S2. The first-order valence-corrected chi connectivity index (χ1v) is 8.66. The number of carbonyl (C=O) groups is 1. The summed E-state index contributed by atoms with van der Waals surface area (Å²) in [5, 5.41) is 8.00. The van der Waals surface area contributed by atoms with Crippen molar-refractivity contribution in [1.82, 2.24) is 5.32 Å². The van der Waals surface area contributed by atoms with Gasteiger partial charge in [0.05, 0.1) is 21.9 Å². The Morgan fingerprint density at radius 2 is 2.20 bits per heavy atom. The number of rotatable bonds is 4. The van der Waals surface area contributed by atoms with Crippen LogP contribution < -0.4 is 10.5 Å². The van der Waals surface area contributed by atoms with Gasteiger partial charge in [-0.3, -0.25) is 4.79 Å². The summed E-state index contributed by atoms with van der Waals surface area (Å²) in [5.74, 6) is -0.276. The van der Waals surface area contributed by atoms with E-state index in [1.807, 2.05) is 0 Å². The number of hydrogen-bond donors (Lipinski definition) is 2. The SMILES string of the molecule is COC1CCCC1NC(=O)c1cc(S(N)(=O)=O)c(C)s1. The fourth-order valence-corrected chi connectivity index (χ4v) is 4.52. The van der Waals surface area contributed by atoms with Crippen LogP contribution in [0.1, 0.15) is 33.8 Å². The highest BCUT2D eigenvalue weighted by molar-refractivity contribution is 7.89. The Labute approximate surface area is 122 Å². The van der Waals surface area contributed by atoms with Crippen molar-refractivity contribution in [3.8, 4) is 0 Å². The first-order valence-electron chi connectivity index (χ1n) is 6.30. The maximum atomic E-state index is 12.2. The van der Waals surface area contributed by atoms with Gasteiger partial charge < -0.3 is 10.1 Å². The molecule has 2 unspecified atom stereocenters. The molecule has 1 heterocycles. The van der Waals surface area contributed by atoms with E-state index in [1.165, 1.54) is 6.07 Å². The molecule has 3 N–H and O–H groups in total. The van der Waals surface area contributed by atoms with E-state index in [-0.39, 0.29) is 22.9 Å². The minimum atomic E-state index is -3.78. The van der Waals surface area contributed by atoms with E-state index >= 15 is 0 Å². The normalized spacial score (nSPS) is 22.9. The summed E-state index contributed by atoms with van der Waals surface area (Å²) in [6.45, 7) is 1.63. The van der Waals surface area contributed by atoms with Crippen molar-refractivity contribution in [3.63, 3.8) is 0 Å². The maximum absolute atomic E-state index is 12.2. The summed E-state index contributed by atoms with van der Waals surface area (Å²) in [5.41, 5.74) is 0. The summed E-state index contributed by atoms with van der Waals surface area (Å²) in [4.78, 5) is 13.1. The molecule has 6 nitrogen and oxygen atoms in total. The third-order valence-electron chi connectivity index (χ3n) is 3.47. The number of sulfonamides is 1. The van der Waals surface area contributed by atoms with E-state index < -0.39 is 10.0 Å². The second-order valence-corrected chi connectivity index (χ2v) is 7.65. The van der Waals surface area contributed by atoms with Crippen LogP contribution in [0.25, 0.3) is 0 Å². The number of nitrogens with two attached hydrogens (primary N) is 1. The molecule has 0 bridgehead atoms. The van der Waals surface area contributed by atoms with Gasteiger partial charge in [0.25, 0.3) is 5.91 Å². The number of amides is 1. The Morgan fingerprint density at radius 1 is 1.50 bits per heavy atom. The smallest absolute Gasteiger partial charge is 0.261 e. The standard InChI is InChI=1S/C12H18N2O4S2/c1-7-11(20(13,16)17)6-10(19-7)12(15)14-8-4-3-5-9(8)18-2/h6,8-9H,3-5H2,1-2H3,(H,14,15)(H2,13,16,17). The number of thiophene rings is 1. The topological polar surface area (TPSA) is 98.5 Å². The lowest BCUT2D eigenvalue weighted by atomic mass is 10.2. The molecule has 112 valence electrons. The molecule has 8 heteroatoms. The van der Waals surface area contributed by atoms with Gasteiger partial charge >= 0.3 is 0 Å². The van der Waals surface area contributed by atoms with E-state index in [1.54, 1.807) is 14.0 Å². The monoisotopic (exact) mass is 318 g/mol. The van der Waals surface area contributed by atoms with Crippen LogP contribution in [-0.2, 0) is 14.8 Å². The Balaban J connectivity index is 2.14. The molecule has 20 heavy (non-hydrogen) atoms. The lowest BCUT2D eigenvalue weighted by molar-refractivity contribution is 0.0724. The quantitative estimate of drug-likeness (QED) is 0.865. The molecule has 1 aromatic heterocycles. The number of carbonyl (C=O) groups excluding carboxylic acids is 1. The molecule has 1 aliphatic rings. The van der Waals surface area contributed by atoms with Gasteiger partial charge in [-0.2, -0.15) is 0 Å². The summed E-state index contributed by atoms with van der Waals surface area (Å²) in [7, 11) is -2.15. The zero-order valence-electron chi connectivity index (χ0n) is 11.4. The van der Waals surface area contributed by atoms with Gasteiger partial charge in [-0.25, -0.2) is 13.6 Å². The van der Waals surface area contributed by atoms with Crippen molar-refractivity contribution in [3.05, 3.63) is 15.8 Å². The number of hydrogen-bond acceptors (Lipinski definition) is 5. The molecule has 1 aromatic rings. The van der Waals surface area contributed by atoms with Gasteiger partial charge in [-0.15, -0.1) is 11.3 Å². The third kappa shape index (κ3) is 3.20. The molecule has 0 saturated heterocycles. The van der Waals surface area contributed by atoms with E-state index in [9.17, 15) is 13.2 Å². The highest BCUT2D eigenvalue weighted by Gasteiger charge is 2.29. The number of ether oxygens (including phenoxy) is 1. The highest BCUT2D eigenvalue weighted by Crippen LogP contribution is 2.26. The van der Waals surface area contributed by atoms with Gasteiger partial charge in [-0.05, 0) is 32.3 Å². The zero-order chi connectivity index (χ0) is 14.9. The molecule has 1 saturated carbocycles. The predicted octanol–water partition coefficient (Wildman–Crippen LogP) is 1.00. The van der Waals surface area contributed by atoms with Crippen molar-refractivity contribution in [2.75, 3.05) is 7.11 Å². The Morgan fingerprint density at radius 3 is 2.75 bits per heavy atom. The molecule has 0 aromatic carbocycles. The van der Waals surface area contributed by atoms with Crippen LogP contribution in [0.3, 0.4) is 0 Å². The predicted molar refractivity (Wildman–Crippen MR) is 76.3 cm³/mol. The number of primary sulfonamides is 1. The second kappa shape index (κ2) is 5.80. The van der Waals surface area contributed by atoms with Crippen LogP contribution in [0, 0.1) is 6.92 Å². The van der Waals surface area contributed by atoms with Crippen LogP contribution in [0.5, 0.6) is 0 Å². The van der Waals surface area contributed by atoms with E-state index in [0.29, 0.717) is 9.75 Å². The molecule has 0 radical (unpaired) electrons. The fraction of sp³-hybridized carbons (Fsp3) is 0.583. The van der Waals surface area contributed by atoms with Gasteiger partial charge in [0.15, 0.2) is 0 Å². The van der Waals surface area contributed by atoms with E-state index in [4.69, 9.17) is 9.88 Å².